The van der Waals surface area contributed by atoms with Gasteiger partial charge in [-0.05, 0) is 79.7 Å². The second kappa shape index (κ2) is 52.3. The standard InChI is InChI=1S/C71H108N20O26S/c1-7-34(4)56(69(115)89-48(31-93)66(112)83-43(24-36-12-9-8-10-13-36)62(108)81-41(21-23-118-6)61(107)86-46(70(116)117)27-51(74)97)90-52(98)29-78-59(105)42(25-37-15-17-38(95)18-16-37)82-63(109)44(26-50(73)96)84-64(110)45(28-54(101)102)85-68(114)55(33(2)3)91-67(113)49(32-94)88-60(106)40(19-20-53(99)100)80-65(111)47(30-92)87-57(103)35(5)79-58(104)39(72)14-11-22-77-71(75)76/h8-10,12-13,15-18,33-35,39-49,55-56,92-95H,7,11,14,19-32,72H2,1-6H3,(H2,73,96)(H2,74,97)(H,78,105)(H,79,104)(H,80,111)(H,81,108)(H,82,109)(H,83,112)(H,84,110)(H,85,114)(H,86,107)(H,87,103)(H,88,106)(H,89,115)(H,90,98)(H,91,113)(H,99,100)(H,101,102)(H,116,117)(H4,75,76,77)/t34-,35-,39-,40-,41-,42-,43-,44-,45-,46-,47-,48-,49-,55-,56-/m0/s1. The van der Waals surface area contributed by atoms with Crippen LogP contribution in [0.2, 0.25) is 0 Å². The van der Waals surface area contributed by atoms with E-state index in [1.165, 1.54) is 63.7 Å². The van der Waals surface area contributed by atoms with Crippen LogP contribution in [0.4, 0.5) is 0 Å². The van der Waals surface area contributed by atoms with E-state index in [-0.39, 0.29) is 55.3 Å². The molecular weight excluding hydrogens is 1580 g/mol. The third kappa shape index (κ3) is 37.5. The molecule has 2 aromatic rings. The Hall–Kier alpha value is -12.4. The predicted octanol–water partition coefficient (Wildman–Crippen LogP) is -10.2. The molecule has 2 rings (SSSR count). The van der Waals surface area contributed by atoms with E-state index in [0.29, 0.717) is 12.0 Å². The average molecular weight is 1690 g/mol. The Kier molecular flexibility index (Phi) is 45.0. The van der Waals surface area contributed by atoms with E-state index < -0.39 is 274 Å². The van der Waals surface area contributed by atoms with E-state index in [0.717, 1.165) is 0 Å². The number of carboxylic acid groups (broad SMARTS) is 3. The van der Waals surface area contributed by atoms with Gasteiger partial charge in [0.1, 0.15) is 84.3 Å². The van der Waals surface area contributed by atoms with Crippen LogP contribution in [0.15, 0.2) is 54.6 Å². The number of aliphatic hydroxyl groups excluding tert-OH is 3. The third-order valence-electron chi connectivity index (χ3n) is 17.5. The summed E-state index contributed by atoms with van der Waals surface area (Å²) in [7, 11) is 0. The van der Waals surface area contributed by atoms with Crippen molar-refractivity contribution in [2.75, 3.05) is 44.9 Å². The van der Waals surface area contributed by atoms with Crippen molar-refractivity contribution in [3.8, 4) is 5.75 Å². The van der Waals surface area contributed by atoms with Crippen molar-refractivity contribution in [2.24, 2.45) is 34.8 Å². The molecule has 47 heteroatoms. The van der Waals surface area contributed by atoms with E-state index in [1.807, 2.05) is 0 Å². The van der Waals surface area contributed by atoms with Crippen LogP contribution >= 0.6 is 11.8 Å². The summed E-state index contributed by atoms with van der Waals surface area (Å²) in [5, 5.41) is 111. The molecule has 654 valence electrons. The number of nitrogens with one attached hydrogen (secondary N) is 16. The van der Waals surface area contributed by atoms with Gasteiger partial charge in [0.15, 0.2) is 5.96 Å². The van der Waals surface area contributed by atoms with Gasteiger partial charge in [0, 0.05) is 25.8 Å². The summed E-state index contributed by atoms with van der Waals surface area (Å²) in [6, 6.07) is -11.2. The lowest BCUT2D eigenvalue weighted by Gasteiger charge is -2.28. The zero-order valence-electron chi connectivity index (χ0n) is 65.6. The minimum absolute atomic E-state index is 0.0689. The quantitative estimate of drug-likeness (QED) is 0.0166. The zero-order valence-corrected chi connectivity index (χ0v) is 66.4. The number of thioether (sulfide) groups is 1. The maximum atomic E-state index is 14.3. The molecule has 15 atom stereocenters. The number of rotatable bonds is 55. The number of carbonyl (C=O) groups is 19. The summed E-state index contributed by atoms with van der Waals surface area (Å²) < 4.78 is 0. The first-order chi connectivity index (χ1) is 55.5. The predicted molar refractivity (Wildman–Crippen MR) is 416 cm³/mol. The number of phenols is 1. The number of carbonyl (C=O) groups excluding carboxylic acids is 16. The van der Waals surface area contributed by atoms with E-state index in [2.05, 4.69) is 79.8 Å². The fraction of sp³-hybridized carbons (Fsp3) is 0.549. The van der Waals surface area contributed by atoms with Crippen molar-refractivity contribution in [3.05, 3.63) is 65.7 Å². The van der Waals surface area contributed by atoms with Crippen LogP contribution in [-0.4, -0.2) is 284 Å². The first-order valence-corrected chi connectivity index (χ1v) is 38.3. The van der Waals surface area contributed by atoms with Crippen molar-refractivity contribution in [1.29, 1.82) is 5.41 Å². The molecule has 0 bridgehead atoms. The number of hydrogen-bond donors (Lipinski definition) is 27. The van der Waals surface area contributed by atoms with Gasteiger partial charge < -0.3 is 138 Å². The van der Waals surface area contributed by atoms with Crippen LogP contribution in [0, 0.1) is 17.2 Å². The molecule has 0 saturated heterocycles. The number of nitrogens with two attached hydrogens (primary N) is 4. The molecule has 0 aliphatic heterocycles. The molecule has 118 heavy (non-hydrogen) atoms. The number of aliphatic carboxylic acids is 3. The van der Waals surface area contributed by atoms with Crippen LogP contribution in [0.1, 0.15) is 104 Å². The smallest absolute Gasteiger partial charge is 0.326 e. The summed E-state index contributed by atoms with van der Waals surface area (Å²) in [5.74, 6) is -25.7. The number of amides is 16. The van der Waals surface area contributed by atoms with Crippen LogP contribution in [0.25, 0.3) is 0 Å². The molecular formula is C71H108N20O26S. The summed E-state index contributed by atoms with van der Waals surface area (Å²) in [6.07, 6.45) is -3.22. The summed E-state index contributed by atoms with van der Waals surface area (Å²) >= 11 is 1.27. The number of aliphatic hydroxyl groups is 3. The van der Waals surface area contributed by atoms with E-state index in [4.69, 9.17) is 28.3 Å². The average Bonchev–Trinajstić information content (AvgIpc) is 0.862. The van der Waals surface area contributed by atoms with Crippen LogP contribution in [-0.2, 0) is 104 Å². The summed E-state index contributed by atoms with van der Waals surface area (Å²) in [6.45, 7) is 2.76. The maximum absolute atomic E-state index is 14.3. The van der Waals surface area contributed by atoms with Gasteiger partial charge in [0.05, 0.1) is 51.7 Å². The maximum Gasteiger partial charge on any atom is 0.326 e. The lowest BCUT2D eigenvalue weighted by molar-refractivity contribution is -0.144. The molecule has 2 aromatic carbocycles. The highest BCUT2D eigenvalue weighted by molar-refractivity contribution is 7.98. The Morgan fingerprint density at radius 3 is 1.33 bits per heavy atom. The van der Waals surface area contributed by atoms with Crippen LogP contribution in [0.5, 0.6) is 5.75 Å². The van der Waals surface area contributed by atoms with Gasteiger partial charge in [0.2, 0.25) is 94.5 Å². The summed E-state index contributed by atoms with van der Waals surface area (Å²) in [4.78, 5) is 253. The number of carboxylic acids is 3. The fourth-order valence-electron chi connectivity index (χ4n) is 10.7. The highest BCUT2D eigenvalue weighted by Gasteiger charge is 2.39. The lowest BCUT2D eigenvalue weighted by atomic mass is 9.97. The molecule has 0 heterocycles. The number of hydrogen-bond acceptors (Lipinski definition) is 26. The first-order valence-electron chi connectivity index (χ1n) is 36.9. The normalized spacial score (nSPS) is 14.8. The largest absolute Gasteiger partial charge is 0.508 e. The fourth-order valence-corrected chi connectivity index (χ4v) is 11.2. The van der Waals surface area contributed by atoms with Gasteiger partial charge in [-0.25, -0.2) is 4.79 Å². The third-order valence-corrected chi connectivity index (χ3v) is 18.2. The number of phenolic OH excluding ortho intramolecular Hbond substituents is 1. The van der Waals surface area contributed by atoms with Crippen molar-refractivity contribution in [2.45, 2.75) is 190 Å². The lowest BCUT2D eigenvalue weighted by Crippen LogP contribution is -2.62. The number of aromatic hydroxyl groups is 1. The Morgan fingerprint density at radius 1 is 0.432 bits per heavy atom. The Bertz CT molecular complexity index is 3850. The van der Waals surface area contributed by atoms with Crippen LogP contribution in [0.3, 0.4) is 0 Å². The van der Waals surface area contributed by atoms with E-state index in [9.17, 15) is 127 Å². The Labute approximate surface area is 680 Å². The Morgan fingerprint density at radius 2 is 0.847 bits per heavy atom. The van der Waals surface area contributed by atoms with Gasteiger partial charge in [0.25, 0.3) is 0 Å². The second-order valence-electron chi connectivity index (χ2n) is 27.4. The molecule has 0 aliphatic rings. The number of guanidine groups is 1. The van der Waals surface area contributed by atoms with Crippen molar-refractivity contribution in [1.82, 2.24) is 79.8 Å². The van der Waals surface area contributed by atoms with Crippen molar-refractivity contribution < 1.29 is 127 Å². The SMILES string of the molecule is CC[C@H](C)[C@H](NC(=O)CNC(=O)[C@H](Cc1ccc(O)cc1)NC(=O)[C@H](CC(N)=O)NC(=O)[C@H](CC(=O)O)NC(=O)[C@@H](NC(=O)[C@H](CO)NC(=O)[C@H](CCC(=O)O)NC(=O)[C@H](CO)NC(=O)[C@H](C)NC(=O)[C@@H](N)CCCNC(=N)N)C(C)C)C(=O)N[C@@H](CO)C(=O)N[C@@H](Cc1ccccc1)C(=O)N[C@@H](CCSC)C(=O)N[C@@H](CC(N)=O)C(=O)O. The number of primary amides is 2. The van der Waals surface area contributed by atoms with Gasteiger partial charge in [-0.1, -0.05) is 76.6 Å². The zero-order chi connectivity index (χ0) is 89.2. The first kappa shape index (κ1) is 102. The monoisotopic (exact) mass is 1690 g/mol. The van der Waals surface area contributed by atoms with Gasteiger partial charge in [-0.3, -0.25) is 91.7 Å². The molecule has 0 spiro atoms. The molecule has 0 radical (unpaired) electrons. The molecule has 0 unspecified atom stereocenters. The minimum Gasteiger partial charge on any atom is -0.508 e. The highest BCUT2D eigenvalue weighted by atomic mass is 32.2. The number of benzene rings is 2. The second-order valence-corrected chi connectivity index (χ2v) is 28.4. The molecule has 46 nitrogen and oxygen atoms in total. The molecule has 0 aromatic heterocycles. The molecule has 0 aliphatic carbocycles. The van der Waals surface area contributed by atoms with Crippen molar-refractivity contribution in [3.63, 3.8) is 0 Å². The van der Waals surface area contributed by atoms with Crippen molar-refractivity contribution >= 4 is 130 Å². The summed E-state index contributed by atoms with van der Waals surface area (Å²) in [5.41, 5.74) is 22.5. The van der Waals surface area contributed by atoms with E-state index >= 15 is 0 Å². The topological polar surface area (TPSA) is 774 Å². The Balaban J connectivity index is 2.39. The van der Waals surface area contributed by atoms with Gasteiger partial charge in [-0.15, -0.1) is 0 Å². The molecule has 16 amide bonds. The van der Waals surface area contributed by atoms with Gasteiger partial charge in [-0.2, -0.15) is 11.8 Å². The molecule has 0 saturated carbocycles. The van der Waals surface area contributed by atoms with Gasteiger partial charge >= 0.3 is 17.9 Å². The highest BCUT2D eigenvalue weighted by Crippen LogP contribution is 2.15. The van der Waals surface area contributed by atoms with E-state index in [1.54, 1.807) is 43.5 Å². The molecule has 31 N–H and O–H groups in total. The molecule has 0 fully saturated rings. The minimum atomic E-state index is -2.19. The van der Waals surface area contributed by atoms with Crippen LogP contribution < -0.4 is 103 Å².